The Morgan fingerprint density at radius 2 is 2.26 bits per heavy atom. The van der Waals surface area contributed by atoms with Gasteiger partial charge in [0.15, 0.2) is 0 Å². The minimum atomic E-state index is -0.790. The fraction of sp³-hybridized carbons (Fsp3) is 0.438. The highest BCUT2D eigenvalue weighted by Gasteiger charge is 2.18. The second kappa shape index (κ2) is 6.78. The number of carboxylic acids is 1. The Labute approximate surface area is 134 Å². The maximum absolute atomic E-state index is 10.7. The van der Waals surface area contributed by atoms with Crippen LogP contribution >= 0.6 is 0 Å². The van der Waals surface area contributed by atoms with Gasteiger partial charge >= 0.3 is 5.97 Å². The number of nitrogen functional groups attached to an aromatic ring is 1. The number of pyridine rings is 1. The zero-order chi connectivity index (χ0) is 16.2. The van der Waals surface area contributed by atoms with Crippen LogP contribution in [0, 0.1) is 0 Å². The van der Waals surface area contributed by atoms with Gasteiger partial charge < -0.3 is 10.8 Å². The second-order valence-electron chi connectivity index (χ2n) is 5.86. The Kier molecular flexibility index (Phi) is 4.57. The van der Waals surface area contributed by atoms with E-state index in [4.69, 9.17) is 10.8 Å². The number of aliphatic carboxylic acids is 1. The number of carbonyl (C=O) groups is 1. The van der Waals surface area contributed by atoms with Crippen molar-refractivity contribution >= 4 is 11.8 Å². The maximum atomic E-state index is 10.7. The fourth-order valence-electron chi connectivity index (χ4n) is 2.91. The first kappa shape index (κ1) is 15.5. The molecule has 0 aliphatic carbocycles. The molecule has 7 nitrogen and oxygen atoms in total. The quantitative estimate of drug-likeness (QED) is 0.863. The maximum Gasteiger partial charge on any atom is 0.303 e. The van der Waals surface area contributed by atoms with E-state index in [-0.39, 0.29) is 6.42 Å². The summed E-state index contributed by atoms with van der Waals surface area (Å²) >= 11 is 0. The van der Waals surface area contributed by atoms with Gasteiger partial charge in [-0.15, -0.1) is 0 Å². The summed E-state index contributed by atoms with van der Waals surface area (Å²) in [7, 11) is 0. The molecule has 23 heavy (non-hydrogen) atoms. The Hall–Kier alpha value is -2.41. The van der Waals surface area contributed by atoms with E-state index in [0.29, 0.717) is 12.2 Å². The molecule has 0 aromatic carbocycles. The van der Waals surface area contributed by atoms with Gasteiger partial charge in [0.1, 0.15) is 5.82 Å². The summed E-state index contributed by atoms with van der Waals surface area (Å²) in [5.41, 5.74) is 8.95. The summed E-state index contributed by atoms with van der Waals surface area (Å²) in [6, 6.07) is 5.93. The molecule has 1 aliphatic rings. The van der Waals surface area contributed by atoms with Crippen LogP contribution in [-0.4, -0.2) is 37.3 Å². The number of fused-ring (bicyclic) bond motifs is 1. The van der Waals surface area contributed by atoms with Gasteiger partial charge in [-0.1, -0.05) is 6.07 Å². The van der Waals surface area contributed by atoms with Gasteiger partial charge in [0, 0.05) is 44.4 Å². The zero-order valence-electron chi connectivity index (χ0n) is 13.0. The van der Waals surface area contributed by atoms with Gasteiger partial charge in [-0.05, 0) is 18.6 Å². The lowest BCUT2D eigenvalue weighted by molar-refractivity contribution is -0.136. The highest BCUT2D eigenvalue weighted by Crippen LogP contribution is 2.18. The number of nitrogens with two attached hydrogens (primary N) is 1. The highest BCUT2D eigenvalue weighted by atomic mass is 16.4. The van der Waals surface area contributed by atoms with Crippen LogP contribution in [0.25, 0.3) is 0 Å². The third kappa shape index (κ3) is 3.87. The van der Waals surface area contributed by atoms with Crippen molar-refractivity contribution in [2.75, 3.05) is 12.3 Å². The van der Waals surface area contributed by atoms with Gasteiger partial charge in [0.05, 0.1) is 17.8 Å². The van der Waals surface area contributed by atoms with Crippen molar-refractivity contribution in [2.45, 2.75) is 38.9 Å². The lowest BCUT2D eigenvalue weighted by Gasteiger charge is -2.20. The van der Waals surface area contributed by atoms with Crippen molar-refractivity contribution in [3.63, 3.8) is 0 Å². The molecule has 0 saturated carbocycles. The molecule has 7 heteroatoms. The molecule has 0 fully saturated rings. The van der Waals surface area contributed by atoms with E-state index in [2.05, 4.69) is 15.0 Å². The normalized spacial score (nSPS) is 15.1. The Morgan fingerprint density at radius 3 is 3.04 bits per heavy atom. The predicted octanol–water partition coefficient (Wildman–Crippen LogP) is 1.28. The molecule has 3 rings (SSSR count). The number of rotatable bonds is 5. The van der Waals surface area contributed by atoms with Crippen LogP contribution in [0.1, 0.15) is 29.8 Å². The molecule has 0 bridgehead atoms. The molecular weight excluding hydrogens is 294 g/mol. The van der Waals surface area contributed by atoms with E-state index in [9.17, 15) is 4.79 Å². The van der Waals surface area contributed by atoms with E-state index in [1.54, 1.807) is 6.20 Å². The van der Waals surface area contributed by atoms with Crippen LogP contribution in [0.5, 0.6) is 0 Å². The van der Waals surface area contributed by atoms with Crippen molar-refractivity contribution in [1.29, 1.82) is 0 Å². The number of hydrogen-bond acceptors (Lipinski definition) is 5. The van der Waals surface area contributed by atoms with Crippen molar-refractivity contribution in [2.24, 2.45) is 0 Å². The molecule has 0 amide bonds. The first-order chi connectivity index (χ1) is 11.1. The average Bonchev–Trinajstić information content (AvgIpc) is 2.80. The fourth-order valence-corrected chi connectivity index (χ4v) is 2.91. The van der Waals surface area contributed by atoms with Crippen LogP contribution < -0.4 is 5.73 Å². The Bertz CT molecular complexity index is 698. The minimum absolute atomic E-state index is 0.117. The summed E-state index contributed by atoms with van der Waals surface area (Å²) in [4.78, 5) is 17.2. The third-order valence-electron chi connectivity index (χ3n) is 4.06. The van der Waals surface area contributed by atoms with Gasteiger partial charge in [0.25, 0.3) is 0 Å². The molecular formula is C16H21N5O2. The lowest BCUT2D eigenvalue weighted by Crippen LogP contribution is -2.23. The summed E-state index contributed by atoms with van der Waals surface area (Å²) in [5, 5.41) is 13.3. The van der Waals surface area contributed by atoms with Crippen LogP contribution in [0.2, 0.25) is 0 Å². The summed E-state index contributed by atoms with van der Waals surface area (Å²) in [5.74, 6) is -0.214. The first-order valence-electron chi connectivity index (χ1n) is 7.81. The molecule has 0 unspecified atom stereocenters. The van der Waals surface area contributed by atoms with Gasteiger partial charge in [-0.3, -0.25) is 14.4 Å². The molecule has 0 atom stereocenters. The Balaban J connectivity index is 1.70. The molecule has 0 saturated heterocycles. The van der Waals surface area contributed by atoms with E-state index in [1.807, 2.05) is 22.9 Å². The van der Waals surface area contributed by atoms with Gasteiger partial charge in [-0.2, -0.15) is 5.10 Å². The van der Waals surface area contributed by atoms with Crippen LogP contribution in [0.3, 0.4) is 0 Å². The number of hydrogen-bond donors (Lipinski definition) is 2. The topological polar surface area (TPSA) is 97.3 Å². The van der Waals surface area contributed by atoms with Crippen LogP contribution in [0.4, 0.5) is 5.82 Å². The van der Waals surface area contributed by atoms with E-state index < -0.39 is 5.97 Å². The Morgan fingerprint density at radius 1 is 1.39 bits per heavy atom. The standard InChI is InChI=1S/C16H21N5O2/c17-16-12(3-1-6-18-16)10-20-7-2-8-21-14(11-20)9-13(19-21)4-5-15(22)23/h1,3,6,9H,2,4-5,7-8,10-11H2,(H2,17,18)(H,22,23). The van der Waals surface area contributed by atoms with Crippen LogP contribution in [-0.2, 0) is 30.8 Å². The van der Waals surface area contributed by atoms with Crippen molar-refractivity contribution < 1.29 is 9.90 Å². The van der Waals surface area contributed by atoms with Gasteiger partial charge in [-0.25, -0.2) is 4.98 Å². The molecule has 0 spiro atoms. The van der Waals surface area contributed by atoms with E-state index in [1.165, 1.54) is 0 Å². The largest absolute Gasteiger partial charge is 0.481 e. The van der Waals surface area contributed by atoms with Crippen molar-refractivity contribution in [3.05, 3.63) is 41.3 Å². The second-order valence-corrected chi connectivity index (χ2v) is 5.86. The number of carboxylic acid groups (broad SMARTS) is 1. The third-order valence-corrected chi connectivity index (χ3v) is 4.06. The van der Waals surface area contributed by atoms with Crippen LogP contribution in [0.15, 0.2) is 24.4 Å². The molecule has 2 aromatic heterocycles. The monoisotopic (exact) mass is 315 g/mol. The highest BCUT2D eigenvalue weighted by molar-refractivity contribution is 5.66. The predicted molar refractivity (Wildman–Crippen MR) is 85.6 cm³/mol. The van der Waals surface area contributed by atoms with E-state index in [0.717, 1.165) is 49.6 Å². The van der Waals surface area contributed by atoms with Crippen molar-refractivity contribution in [1.82, 2.24) is 19.7 Å². The molecule has 3 heterocycles. The number of nitrogens with zero attached hydrogens (tertiary/aromatic N) is 4. The minimum Gasteiger partial charge on any atom is -0.481 e. The van der Waals surface area contributed by atoms with Gasteiger partial charge in [0.2, 0.25) is 0 Å². The number of aryl methyl sites for hydroxylation is 2. The molecule has 0 radical (unpaired) electrons. The molecule has 3 N–H and O–H groups in total. The SMILES string of the molecule is Nc1ncccc1CN1CCCn2nc(CCC(=O)O)cc2C1. The molecule has 2 aromatic rings. The number of anilines is 1. The summed E-state index contributed by atoms with van der Waals surface area (Å²) in [6.45, 7) is 3.38. The van der Waals surface area contributed by atoms with E-state index >= 15 is 0 Å². The average molecular weight is 315 g/mol. The lowest BCUT2D eigenvalue weighted by atomic mass is 10.2. The first-order valence-corrected chi connectivity index (χ1v) is 7.81. The summed E-state index contributed by atoms with van der Waals surface area (Å²) in [6.07, 6.45) is 3.30. The summed E-state index contributed by atoms with van der Waals surface area (Å²) < 4.78 is 2.00. The smallest absolute Gasteiger partial charge is 0.303 e. The number of aromatic nitrogens is 3. The molecule has 122 valence electrons. The molecule has 1 aliphatic heterocycles. The van der Waals surface area contributed by atoms with Crippen molar-refractivity contribution in [3.8, 4) is 0 Å². The zero-order valence-corrected chi connectivity index (χ0v) is 13.0.